The maximum atomic E-state index is 10.1. The van der Waals surface area contributed by atoms with Gasteiger partial charge in [0.25, 0.3) is 0 Å². The fraction of sp³-hybridized carbons (Fsp3) is 0.250. The van der Waals surface area contributed by atoms with Gasteiger partial charge < -0.3 is 30.3 Å². The summed E-state index contributed by atoms with van der Waals surface area (Å²) in [5.41, 5.74) is 1.67. The van der Waals surface area contributed by atoms with Gasteiger partial charge in [0.2, 0.25) is 0 Å². The van der Waals surface area contributed by atoms with E-state index in [1.165, 1.54) is 0 Å². The molecule has 8 heteroatoms. The maximum Gasteiger partial charge on any atom is 0.119 e. The molecule has 0 fully saturated rings. The second kappa shape index (κ2) is 12.4. The summed E-state index contributed by atoms with van der Waals surface area (Å²) in [4.78, 5) is 0. The van der Waals surface area contributed by atoms with Gasteiger partial charge in [0.05, 0.1) is 0 Å². The van der Waals surface area contributed by atoms with Gasteiger partial charge in [-0.1, -0.05) is 35.3 Å². The van der Waals surface area contributed by atoms with Crippen LogP contribution >= 0.6 is 23.2 Å². The number of aliphatic hydroxyl groups excluding tert-OH is 2. The molecule has 0 heterocycles. The highest BCUT2D eigenvalue weighted by Crippen LogP contribution is 2.19. The van der Waals surface area contributed by atoms with Crippen LogP contribution in [0.3, 0.4) is 0 Å². The fourth-order valence-electron chi connectivity index (χ4n) is 2.80. The van der Waals surface area contributed by atoms with E-state index in [0.717, 1.165) is 11.4 Å². The molecule has 0 saturated carbocycles. The summed E-state index contributed by atoms with van der Waals surface area (Å²) in [5.74, 6) is 1.23. The van der Waals surface area contributed by atoms with Crippen LogP contribution in [-0.4, -0.2) is 48.7 Å². The molecular formula is C24H26Cl2N2O4. The lowest BCUT2D eigenvalue weighted by Crippen LogP contribution is -2.26. The molecule has 2 atom stereocenters. The van der Waals surface area contributed by atoms with Crippen molar-refractivity contribution in [2.24, 2.45) is 0 Å². The molecule has 3 aromatic rings. The smallest absolute Gasteiger partial charge is 0.119 e. The number of benzene rings is 3. The molecule has 0 aliphatic rings. The maximum absolute atomic E-state index is 10.1. The third-order valence-electron chi connectivity index (χ3n) is 4.44. The second-order valence-electron chi connectivity index (χ2n) is 7.18. The van der Waals surface area contributed by atoms with Gasteiger partial charge >= 0.3 is 0 Å². The number of hydrogen-bond acceptors (Lipinski definition) is 6. The van der Waals surface area contributed by atoms with Crippen LogP contribution in [0.4, 0.5) is 11.4 Å². The van der Waals surface area contributed by atoms with Crippen LogP contribution in [0.15, 0.2) is 72.8 Å². The van der Waals surface area contributed by atoms with Crippen LogP contribution < -0.4 is 20.1 Å². The van der Waals surface area contributed by atoms with Crippen LogP contribution in [0.1, 0.15) is 0 Å². The minimum absolute atomic E-state index is 0.141. The lowest BCUT2D eigenvalue weighted by Gasteiger charge is -2.15. The van der Waals surface area contributed by atoms with Gasteiger partial charge in [0.15, 0.2) is 0 Å². The number of anilines is 2. The van der Waals surface area contributed by atoms with E-state index in [2.05, 4.69) is 10.6 Å². The lowest BCUT2D eigenvalue weighted by molar-refractivity contribution is 0.115. The molecule has 0 radical (unpaired) electrons. The van der Waals surface area contributed by atoms with E-state index in [1.807, 2.05) is 24.3 Å². The summed E-state index contributed by atoms with van der Waals surface area (Å²) in [6.45, 7) is 0.953. The highest BCUT2D eigenvalue weighted by molar-refractivity contribution is 6.31. The number of rotatable bonds is 12. The molecule has 0 spiro atoms. The van der Waals surface area contributed by atoms with Gasteiger partial charge in [-0.05, 0) is 60.7 Å². The van der Waals surface area contributed by atoms with Gasteiger partial charge in [-0.3, -0.25) is 0 Å². The SMILES string of the molecule is OC(CNc1cccc(Cl)c1)COc1ccc(OCC(O)CNc2cccc(Cl)c2)cc1. The van der Waals surface area contributed by atoms with E-state index in [-0.39, 0.29) is 13.2 Å². The normalized spacial score (nSPS) is 12.6. The molecule has 0 amide bonds. The summed E-state index contributed by atoms with van der Waals surface area (Å²) < 4.78 is 11.2. The zero-order chi connectivity index (χ0) is 22.8. The molecular weight excluding hydrogens is 451 g/mol. The number of aliphatic hydroxyl groups is 2. The van der Waals surface area contributed by atoms with Gasteiger partial charge in [0.1, 0.15) is 36.9 Å². The Hall–Kier alpha value is -2.64. The average Bonchev–Trinajstić information content (AvgIpc) is 2.79. The molecule has 2 unspecified atom stereocenters. The van der Waals surface area contributed by atoms with E-state index < -0.39 is 12.2 Å². The first-order valence-corrected chi connectivity index (χ1v) is 10.9. The summed E-state index contributed by atoms with van der Waals surface area (Å²) in [6, 6.07) is 21.6. The van der Waals surface area contributed by atoms with Crippen molar-refractivity contribution < 1.29 is 19.7 Å². The van der Waals surface area contributed by atoms with Crippen molar-refractivity contribution in [2.75, 3.05) is 36.9 Å². The first kappa shape index (κ1) is 24.0. The van der Waals surface area contributed by atoms with Gasteiger partial charge in [-0.2, -0.15) is 0 Å². The summed E-state index contributed by atoms with van der Waals surface area (Å²) in [6.07, 6.45) is -1.38. The number of ether oxygens (including phenoxy) is 2. The van der Waals surface area contributed by atoms with Crippen molar-refractivity contribution >= 4 is 34.6 Å². The quantitative estimate of drug-likeness (QED) is 0.303. The Balaban J connectivity index is 1.34. The van der Waals surface area contributed by atoms with Crippen LogP contribution in [0.2, 0.25) is 10.0 Å². The minimum atomic E-state index is -0.688. The van der Waals surface area contributed by atoms with E-state index in [1.54, 1.807) is 48.5 Å². The average molecular weight is 477 g/mol. The predicted molar refractivity (Wildman–Crippen MR) is 129 cm³/mol. The van der Waals surface area contributed by atoms with E-state index in [4.69, 9.17) is 32.7 Å². The molecule has 3 aromatic carbocycles. The van der Waals surface area contributed by atoms with Crippen LogP contribution in [-0.2, 0) is 0 Å². The summed E-state index contributed by atoms with van der Waals surface area (Å²) in [5, 5.41) is 27.7. The molecule has 0 aromatic heterocycles. The van der Waals surface area contributed by atoms with Crippen molar-refractivity contribution in [3.05, 3.63) is 82.8 Å². The molecule has 0 aliphatic heterocycles. The van der Waals surface area contributed by atoms with Crippen LogP contribution in [0.5, 0.6) is 11.5 Å². The monoisotopic (exact) mass is 476 g/mol. The Bertz CT molecular complexity index is 894. The lowest BCUT2D eigenvalue weighted by atomic mass is 10.3. The van der Waals surface area contributed by atoms with Gasteiger partial charge in [-0.25, -0.2) is 0 Å². The summed E-state index contributed by atoms with van der Waals surface area (Å²) in [7, 11) is 0. The molecule has 3 rings (SSSR count). The van der Waals surface area contributed by atoms with E-state index >= 15 is 0 Å². The highest BCUT2D eigenvalue weighted by atomic mass is 35.5. The molecule has 0 aliphatic carbocycles. The van der Waals surface area contributed by atoms with E-state index in [9.17, 15) is 10.2 Å². The Morgan fingerprint density at radius 3 is 1.44 bits per heavy atom. The Labute approximate surface area is 197 Å². The standard InChI is InChI=1S/C24H26Cl2N2O4/c25-17-3-1-5-19(11-17)27-13-21(29)15-31-23-7-9-24(10-8-23)32-16-22(30)14-28-20-6-2-4-18(26)12-20/h1-12,21-22,27-30H,13-16H2. The van der Waals surface area contributed by atoms with Crippen LogP contribution in [0.25, 0.3) is 0 Å². The predicted octanol–water partition coefficient (Wildman–Crippen LogP) is 4.70. The zero-order valence-corrected chi connectivity index (χ0v) is 18.9. The third-order valence-corrected chi connectivity index (χ3v) is 4.91. The van der Waals surface area contributed by atoms with E-state index in [0.29, 0.717) is 34.6 Å². The van der Waals surface area contributed by atoms with Crippen molar-refractivity contribution in [2.45, 2.75) is 12.2 Å². The number of nitrogens with one attached hydrogen (secondary N) is 2. The number of hydrogen-bond donors (Lipinski definition) is 4. The van der Waals surface area contributed by atoms with Crippen LogP contribution in [0, 0.1) is 0 Å². The van der Waals surface area contributed by atoms with Crippen molar-refractivity contribution in [1.82, 2.24) is 0 Å². The Morgan fingerprint density at radius 2 is 1.06 bits per heavy atom. The first-order chi connectivity index (χ1) is 15.5. The Morgan fingerprint density at radius 1 is 0.656 bits per heavy atom. The molecule has 170 valence electrons. The molecule has 32 heavy (non-hydrogen) atoms. The Kier molecular flexibility index (Phi) is 9.31. The summed E-state index contributed by atoms with van der Waals surface area (Å²) >= 11 is 11.9. The molecule has 0 saturated heterocycles. The van der Waals surface area contributed by atoms with Gasteiger partial charge in [-0.15, -0.1) is 0 Å². The minimum Gasteiger partial charge on any atom is -0.491 e. The molecule has 0 bridgehead atoms. The van der Waals surface area contributed by atoms with Crippen molar-refractivity contribution in [3.63, 3.8) is 0 Å². The highest BCUT2D eigenvalue weighted by Gasteiger charge is 2.08. The second-order valence-corrected chi connectivity index (χ2v) is 8.06. The molecule has 4 N–H and O–H groups in total. The zero-order valence-electron chi connectivity index (χ0n) is 17.4. The van der Waals surface area contributed by atoms with Crippen molar-refractivity contribution in [3.8, 4) is 11.5 Å². The van der Waals surface area contributed by atoms with Crippen molar-refractivity contribution in [1.29, 1.82) is 0 Å². The molecule has 6 nitrogen and oxygen atoms in total. The first-order valence-electron chi connectivity index (χ1n) is 10.2. The topological polar surface area (TPSA) is 83.0 Å². The largest absolute Gasteiger partial charge is 0.491 e. The fourth-order valence-corrected chi connectivity index (χ4v) is 3.18. The third kappa shape index (κ3) is 8.48. The number of halogens is 2. The van der Waals surface area contributed by atoms with Gasteiger partial charge in [0, 0.05) is 34.5 Å².